The maximum atomic E-state index is 11.7. The van der Waals surface area contributed by atoms with Gasteiger partial charge in [-0.05, 0) is 12.8 Å². The molecule has 0 aliphatic carbocycles. The normalized spacial score (nSPS) is 19.7. The summed E-state index contributed by atoms with van der Waals surface area (Å²) in [6.45, 7) is 0.687. The number of terminal acetylenes is 1. The summed E-state index contributed by atoms with van der Waals surface area (Å²) in [7, 11) is 1.57. The van der Waals surface area contributed by atoms with Gasteiger partial charge >= 0.3 is 12.0 Å². The van der Waals surface area contributed by atoms with E-state index in [1.165, 1.54) is 9.80 Å². The number of rotatable bonds is 2. The first-order chi connectivity index (χ1) is 7.07. The molecule has 1 N–H and O–H groups in total. The van der Waals surface area contributed by atoms with Crippen LogP contribution in [-0.2, 0) is 4.79 Å². The van der Waals surface area contributed by atoms with Crippen molar-refractivity contribution in [2.24, 2.45) is 0 Å². The number of carboxylic acids is 1. The van der Waals surface area contributed by atoms with Crippen LogP contribution >= 0.6 is 0 Å². The summed E-state index contributed by atoms with van der Waals surface area (Å²) in [4.78, 5) is 25.3. The fourth-order valence-corrected chi connectivity index (χ4v) is 1.68. The molecule has 0 aromatic carbocycles. The van der Waals surface area contributed by atoms with Gasteiger partial charge in [-0.1, -0.05) is 5.92 Å². The molecule has 15 heavy (non-hydrogen) atoms. The summed E-state index contributed by atoms with van der Waals surface area (Å²) >= 11 is 0. The monoisotopic (exact) mass is 210 g/mol. The Morgan fingerprint density at radius 3 is 2.87 bits per heavy atom. The first-order valence-electron chi connectivity index (χ1n) is 4.76. The Kier molecular flexibility index (Phi) is 3.56. The molecule has 82 valence electrons. The summed E-state index contributed by atoms with van der Waals surface area (Å²) < 4.78 is 0. The van der Waals surface area contributed by atoms with Crippen LogP contribution in [0.3, 0.4) is 0 Å². The molecule has 0 unspecified atom stereocenters. The molecule has 1 fully saturated rings. The van der Waals surface area contributed by atoms with Crippen LogP contribution in [0.5, 0.6) is 0 Å². The van der Waals surface area contributed by atoms with E-state index in [-0.39, 0.29) is 12.6 Å². The van der Waals surface area contributed by atoms with E-state index in [2.05, 4.69) is 5.92 Å². The van der Waals surface area contributed by atoms with E-state index in [1.807, 2.05) is 0 Å². The smallest absolute Gasteiger partial charge is 0.326 e. The molecule has 1 atom stereocenters. The molecule has 1 aliphatic rings. The van der Waals surface area contributed by atoms with Gasteiger partial charge in [-0.3, -0.25) is 0 Å². The van der Waals surface area contributed by atoms with Gasteiger partial charge in [-0.25, -0.2) is 9.59 Å². The molecule has 0 aromatic heterocycles. The van der Waals surface area contributed by atoms with Gasteiger partial charge in [0.2, 0.25) is 0 Å². The van der Waals surface area contributed by atoms with Crippen LogP contribution in [0, 0.1) is 12.3 Å². The van der Waals surface area contributed by atoms with E-state index >= 15 is 0 Å². The Morgan fingerprint density at radius 2 is 2.33 bits per heavy atom. The second-order valence-corrected chi connectivity index (χ2v) is 3.53. The fraction of sp³-hybridized carbons (Fsp3) is 0.600. The molecule has 0 aromatic rings. The third-order valence-corrected chi connectivity index (χ3v) is 2.44. The van der Waals surface area contributed by atoms with E-state index in [9.17, 15) is 9.59 Å². The lowest BCUT2D eigenvalue weighted by Gasteiger charge is -2.26. The molecule has 1 rings (SSSR count). The first-order valence-corrected chi connectivity index (χ1v) is 4.76. The van der Waals surface area contributed by atoms with Crippen LogP contribution in [0.1, 0.15) is 12.8 Å². The Morgan fingerprint density at radius 1 is 1.67 bits per heavy atom. The number of hydrogen-bond acceptors (Lipinski definition) is 2. The average molecular weight is 210 g/mol. The lowest BCUT2D eigenvalue weighted by atomic mass is 10.2. The third-order valence-electron chi connectivity index (χ3n) is 2.44. The molecule has 0 bridgehead atoms. The van der Waals surface area contributed by atoms with Gasteiger partial charge in [0.05, 0.1) is 6.54 Å². The first kappa shape index (κ1) is 11.4. The summed E-state index contributed by atoms with van der Waals surface area (Å²) in [5.74, 6) is 1.40. The highest BCUT2D eigenvalue weighted by Crippen LogP contribution is 2.18. The van der Waals surface area contributed by atoms with Gasteiger partial charge in [0, 0.05) is 13.6 Å². The Hall–Kier alpha value is -1.70. The highest BCUT2D eigenvalue weighted by atomic mass is 16.4. The Balaban J connectivity index is 2.67. The highest BCUT2D eigenvalue weighted by Gasteiger charge is 2.35. The summed E-state index contributed by atoms with van der Waals surface area (Å²) in [5.41, 5.74) is 0. The van der Waals surface area contributed by atoms with Crippen LogP contribution in [-0.4, -0.2) is 53.1 Å². The molecule has 0 radical (unpaired) electrons. The SMILES string of the molecule is C#CCN(C)C(=O)N1CCC[C@@H]1C(=O)O. The van der Waals surface area contributed by atoms with E-state index in [0.717, 1.165) is 6.42 Å². The van der Waals surface area contributed by atoms with E-state index in [0.29, 0.717) is 13.0 Å². The number of amides is 2. The highest BCUT2D eigenvalue weighted by molar-refractivity contribution is 5.83. The number of carbonyl (C=O) groups is 2. The lowest BCUT2D eigenvalue weighted by molar-refractivity contribution is -0.141. The molecule has 0 spiro atoms. The molecule has 1 saturated heterocycles. The Bertz CT molecular complexity index is 308. The van der Waals surface area contributed by atoms with Gasteiger partial charge < -0.3 is 14.9 Å². The molecule has 5 nitrogen and oxygen atoms in total. The van der Waals surface area contributed by atoms with Crippen molar-refractivity contribution in [2.75, 3.05) is 20.1 Å². The van der Waals surface area contributed by atoms with Gasteiger partial charge in [0.15, 0.2) is 0 Å². The summed E-state index contributed by atoms with van der Waals surface area (Å²) in [5, 5.41) is 8.89. The number of urea groups is 1. The molecule has 1 heterocycles. The van der Waals surface area contributed by atoms with E-state index in [1.54, 1.807) is 7.05 Å². The van der Waals surface area contributed by atoms with Crippen LogP contribution in [0.25, 0.3) is 0 Å². The molecule has 0 saturated carbocycles. The predicted octanol–water partition coefficient (Wildman–Crippen LogP) is 0.220. The van der Waals surface area contributed by atoms with Crippen molar-refractivity contribution in [1.82, 2.24) is 9.80 Å². The van der Waals surface area contributed by atoms with Gasteiger partial charge in [-0.15, -0.1) is 6.42 Å². The maximum absolute atomic E-state index is 11.7. The number of carbonyl (C=O) groups excluding carboxylic acids is 1. The Labute approximate surface area is 88.7 Å². The molecular weight excluding hydrogens is 196 g/mol. The van der Waals surface area contributed by atoms with Crippen LogP contribution in [0.2, 0.25) is 0 Å². The van der Waals surface area contributed by atoms with Crippen molar-refractivity contribution >= 4 is 12.0 Å². The van der Waals surface area contributed by atoms with Gasteiger partial charge in [-0.2, -0.15) is 0 Å². The van der Waals surface area contributed by atoms with Crippen molar-refractivity contribution in [2.45, 2.75) is 18.9 Å². The number of carboxylic acid groups (broad SMARTS) is 1. The molecule has 1 aliphatic heterocycles. The van der Waals surface area contributed by atoms with Crippen LogP contribution in [0.4, 0.5) is 4.79 Å². The van der Waals surface area contributed by atoms with Crippen molar-refractivity contribution in [3.05, 3.63) is 0 Å². The largest absolute Gasteiger partial charge is 0.480 e. The van der Waals surface area contributed by atoms with Crippen molar-refractivity contribution in [3.8, 4) is 12.3 Å². The van der Waals surface area contributed by atoms with Gasteiger partial charge in [0.1, 0.15) is 6.04 Å². The van der Waals surface area contributed by atoms with Crippen molar-refractivity contribution in [1.29, 1.82) is 0 Å². The van der Waals surface area contributed by atoms with E-state index in [4.69, 9.17) is 11.5 Å². The minimum atomic E-state index is -0.949. The lowest BCUT2D eigenvalue weighted by Crippen LogP contribution is -2.46. The number of likely N-dealkylation sites (tertiary alicyclic amines) is 1. The van der Waals surface area contributed by atoms with Gasteiger partial charge in [0.25, 0.3) is 0 Å². The standard InChI is InChI=1S/C10H14N2O3/c1-3-6-11(2)10(15)12-7-4-5-8(12)9(13)14/h1,8H,4-7H2,2H3,(H,13,14)/t8-/m1/s1. The number of aliphatic carboxylic acids is 1. The second kappa shape index (κ2) is 4.69. The summed E-state index contributed by atoms with van der Waals surface area (Å²) in [6, 6.07) is -1.00. The topological polar surface area (TPSA) is 60.9 Å². The zero-order valence-electron chi connectivity index (χ0n) is 8.64. The number of hydrogen-bond donors (Lipinski definition) is 1. The maximum Gasteiger partial charge on any atom is 0.326 e. The van der Waals surface area contributed by atoms with E-state index < -0.39 is 12.0 Å². The zero-order valence-corrected chi connectivity index (χ0v) is 8.64. The predicted molar refractivity (Wildman–Crippen MR) is 54.2 cm³/mol. The van der Waals surface area contributed by atoms with Crippen molar-refractivity contribution in [3.63, 3.8) is 0 Å². The minimum absolute atomic E-state index is 0.196. The average Bonchev–Trinajstić information content (AvgIpc) is 2.65. The van der Waals surface area contributed by atoms with Crippen LogP contribution < -0.4 is 0 Å². The number of nitrogens with zero attached hydrogens (tertiary/aromatic N) is 2. The molecule has 2 amide bonds. The quantitative estimate of drug-likeness (QED) is 0.663. The second-order valence-electron chi connectivity index (χ2n) is 3.53. The molecular formula is C10H14N2O3. The zero-order chi connectivity index (χ0) is 11.4. The third kappa shape index (κ3) is 2.40. The minimum Gasteiger partial charge on any atom is -0.480 e. The fourth-order valence-electron chi connectivity index (χ4n) is 1.68. The van der Waals surface area contributed by atoms with Crippen molar-refractivity contribution < 1.29 is 14.7 Å². The molecule has 5 heteroatoms. The summed E-state index contributed by atoms with van der Waals surface area (Å²) in [6.07, 6.45) is 6.33. The van der Waals surface area contributed by atoms with Crippen LogP contribution in [0.15, 0.2) is 0 Å².